The average Bonchev–Trinajstić information content (AvgIpc) is 2.80. The number of benzene rings is 1. The van der Waals surface area contributed by atoms with Crippen molar-refractivity contribution in [2.75, 3.05) is 5.32 Å². The molecular formula is C13H12F3NOS. The van der Waals surface area contributed by atoms with Gasteiger partial charge in [-0.1, -0.05) is 12.1 Å². The summed E-state index contributed by atoms with van der Waals surface area (Å²) < 4.78 is 40.2. The van der Waals surface area contributed by atoms with E-state index in [9.17, 15) is 13.2 Å². The van der Waals surface area contributed by atoms with Gasteiger partial charge in [0.05, 0.1) is 6.04 Å². The van der Waals surface area contributed by atoms with Crippen molar-refractivity contribution in [3.63, 3.8) is 0 Å². The highest BCUT2D eigenvalue weighted by Crippen LogP contribution is 2.28. The zero-order valence-electron chi connectivity index (χ0n) is 10.1. The van der Waals surface area contributed by atoms with Gasteiger partial charge in [-0.05, 0) is 30.5 Å². The summed E-state index contributed by atoms with van der Waals surface area (Å²) in [6.07, 6.45) is -4.67. The maximum atomic E-state index is 12.1. The van der Waals surface area contributed by atoms with Crippen molar-refractivity contribution in [2.45, 2.75) is 19.3 Å². The van der Waals surface area contributed by atoms with Crippen molar-refractivity contribution in [1.82, 2.24) is 0 Å². The van der Waals surface area contributed by atoms with Gasteiger partial charge >= 0.3 is 6.36 Å². The van der Waals surface area contributed by atoms with Crippen LogP contribution >= 0.6 is 11.3 Å². The molecule has 0 amide bonds. The maximum Gasteiger partial charge on any atom is 0.573 e. The topological polar surface area (TPSA) is 21.3 Å². The lowest BCUT2D eigenvalue weighted by atomic mass is 10.2. The first kappa shape index (κ1) is 13.7. The molecule has 1 heterocycles. The van der Waals surface area contributed by atoms with Crippen LogP contribution in [0.1, 0.15) is 17.8 Å². The molecule has 1 aromatic carbocycles. The molecule has 1 atom stereocenters. The molecule has 2 rings (SSSR count). The van der Waals surface area contributed by atoms with E-state index in [4.69, 9.17) is 0 Å². The van der Waals surface area contributed by atoms with Crippen molar-refractivity contribution < 1.29 is 17.9 Å². The van der Waals surface area contributed by atoms with Gasteiger partial charge in [-0.3, -0.25) is 0 Å². The van der Waals surface area contributed by atoms with Crippen molar-refractivity contribution in [1.29, 1.82) is 0 Å². The lowest BCUT2D eigenvalue weighted by molar-refractivity contribution is -0.274. The molecule has 1 aromatic heterocycles. The van der Waals surface area contributed by atoms with Crippen LogP contribution in [0.4, 0.5) is 18.9 Å². The third kappa shape index (κ3) is 4.17. The number of halogens is 3. The number of ether oxygens (including phenoxy) is 1. The Morgan fingerprint density at radius 1 is 1.21 bits per heavy atom. The highest BCUT2D eigenvalue weighted by molar-refractivity contribution is 7.10. The number of hydrogen-bond donors (Lipinski definition) is 1. The molecule has 19 heavy (non-hydrogen) atoms. The molecule has 0 aliphatic carbocycles. The molecule has 0 aliphatic heterocycles. The maximum absolute atomic E-state index is 12.1. The quantitative estimate of drug-likeness (QED) is 0.870. The van der Waals surface area contributed by atoms with Crippen molar-refractivity contribution >= 4 is 17.0 Å². The minimum atomic E-state index is -4.67. The van der Waals surface area contributed by atoms with Crippen LogP contribution in [-0.4, -0.2) is 6.36 Å². The van der Waals surface area contributed by atoms with Crippen molar-refractivity contribution in [3.05, 3.63) is 46.7 Å². The summed E-state index contributed by atoms with van der Waals surface area (Å²) in [6, 6.07) is 9.75. The van der Waals surface area contributed by atoms with Crippen LogP contribution in [0.3, 0.4) is 0 Å². The van der Waals surface area contributed by atoms with Gasteiger partial charge in [0.2, 0.25) is 0 Å². The average molecular weight is 287 g/mol. The Morgan fingerprint density at radius 3 is 2.63 bits per heavy atom. The molecule has 102 valence electrons. The summed E-state index contributed by atoms with van der Waals surface area (Å²) in [5.74, 6) is -0.226. The molecule has 2 nitrogen and oxygen atoms in total. The molecule has 6 heteroatoms. The Morgan fingerprint density at radius 2 is 2.00 bits per heavy atom. The predicted octanol–water partition coefficient (Wildman–Crippen LogP) is 4.82. The number of anilines is 1. The van der Waals surface area contributed by atoms with E-state index >= 15 is 0 Å². The van der Waals surface area contributed by atoms with Gasteiger partial charge < -0.3 is 10.1 Å². The third-order valence-corrected chi connectivity index (χ3v) is 3.48. The Kier molecular flexibility index (Phi) is 3.99. The lowest BCUT2D eigenvalue weighted by Gasteiger charge is -2.15. The van der Waals surface area contributed by atoms with Gasteiger partial charge in [0.15, 0.2) is 0 Å². The first-order valence-electron chi connectivity index (χ1n) is 5.60. The van der Waals surface area contributed by atoms with E-state index in [2.05, 4.69) is 10.1 Å². The Labute approximate surface area is 112 Å². The summed E-state index contributed by atoms with van der Waals surface area (Å²) in [4.78, 5) is 1.11. The molecule has 0 aliphatic rings. The summed E-state index contributed by atoms with van der Waals surface area (Å²) in [7, 11) is 0. The summed E-state index contributed by atoms with van der Waals surface area (Å²) in [5, 5.41) is 5.09. The van der Waals surface area contributed by atoms with Crippen LogP contribution in [0.5, 0.6) is 5.75 Å². The minimum Gasteiger partial charge on any atom is -0.406 e. The van der Waals surface area contributed by atoms with Gasteiger partial charge in [-0.15, -0.1) is 24.5 Å². The minimum absolute atomic E-state index is 0.0288. The number of alkyl halides is 3. The van der Waals surface area contributed by atoms with Crippen LogP contribution in [-0.2, 0) is 0 Å². The molecule has 0 spiro atoms. The van der Waals surface area contributed by atoms with Gasteiger partial charge in [-0.25, -0.2) is 0 Å². The van der Waals surface area contributed by atoms with E-state index in [0.29, 0.717) is 5.69 Å². The first-order chi connectivity index (χ1) is 8.94. The second-order valence-corrected chi connectivity index (χ2v) is 4.94. The van der Waals surface area contributed by atoms with E-state index in [1.807, 2.05) is 24.4 Å². The fourth-order valence-electron chi connectivity index (χ4n) is 1.64. The van der Waals surface area contributed by atoms with Crippen LogP contribution in [0.2, 0.25) is 0 Å². The van der Waals surface area contributed by atoms with Crippen LogP contribution < -0.4 is 10.1 Å². The molecule has 1 N–H and O–H groups in total. The summed E-state index contributed by atoms with van der Waals surface area (Å²) >= 11 is 1.59. The molecule has 0 saturated carbocycles. The highest BCUT2D eigenvalue weighted by atomic mass is 32.1. The van der Waals surface area contributed by atoms with E-state index in [1.54, 1.807) is 17.4 Å². The SMILES string of the molecule is CC(Nc1cccc(OC(F)(F)F)c1)c1cccs1. The van der Waals surface area contributed by atoms with Crippen molar-refractivity contribution in [2.24, 2.45) is 0 Å². The van der Waals surface area contributed by atoms with Crippen molar-refractivity contribution in [3.8, 4) is 5.75 Å². The summed E-state index contributed by atoms with van der Waals surface area (Å²) in [5.41, 5.74) is 0.586. The lowest BCUT2D eigenvalue weighted by Crippen LogP contribution is -2.17. The van der Waals surface area contributed by atoms with Gasteiger partial charge in [0.25, 0.3) is 0 Å². The van der Waals surface area contributed by atoms with Crippen LogP contribution in [0, 0.1) is 0 Å². The van der Waals surface area contributed by atoms with E-state index in [1.165, 1.54) is 18.2 Å². The van der Waals surface area contributed by atoms with Gasteiger partial charge in [0, 0.05) is 16.6 Å². The van der Waals surface area contributed by atoms with E-state index in [-0.39, 0.29) is 11.8 Å². The monoisotopic (exact) mass is 287 g/mol. The third-order valence-electron chi connectivity index (χ3n) is 2.42. The largest absolute Gasteiger partial charge is 0.573 e. The first-order valence-corrected chi connectivity index (χ1v) is 6.48. The number of nitrogens with one attached hydrogen (secondary N) is 1. The van der Waals surface area contributed by atoms with Crippen LogP contribution in [0.25, 0.3) is 0 Å². The fraction of sp³-hybridized carbons (Fsp3) is 0.231. The Hall–Kier alpha value is -1.69. The standard InChI is InChI=1S/C13H12F3NOS/c1-9(12-6-3-7-19-12)17-10-4-2-5-11(8-10)18-13(14,15)16/h2-9,17H,1H3. The molecule has 0 fully saturated rings. The number of thiophene rings is 1. The fourth-order valence-corrected chi connectivity index (χ4v) is 2.38. The Balaban J connectivity index is 2.07. The van der Waals surface area contributed by atoms with E-state index < -0.39 is 6.36 Å². The normalized spacial score (nSPS) is 13.1. The molecule has 0 radical (unpaired) electrons. The number of hydrogen-bond acceptors (Lipinski definition) is 3. The smallest absolute Gasteiger partial charge is 0.406 e. The highest BCUT2D eigenvalue weighted by Gasteiger charge is 2.31. The van der Waals surface area contributed by atoms with E-state index in [0.717, 1.165) is 4.88 Å². The zero-order valence-corrected chi connectivity index (χ0v) is 10.9. The molecule has 2 aromatic rings. The Bertz CT molecular complexity index is 525. The second-order valence-electron chi connectivity index (χ2n) is 3.96. The molecular weight excluding hydrogens is 275 g/mol. The molecule has 0 bridgehead atoms. The summed E-state index contributed by atoms with van der Waals surface area (Å²) in [6.45, 7) is 1.95. The van der Waals surface area contributed by atoms with Crippen LogP contribution in [0.15, 0.2) is 41.8 Å². The van der Waals surface area contributed by atoms with Gasteiger partial charge in [-0.2, -0.15) is 0 Å². The van der Waals surface area contributed by atoms with Gasteiger partial charge in [0.1, 0.15) is 5.75 Å². The molecule has 1 unspecified atom stereocenters. The second kappa shape index (κ2) is 5.52. The predicted molar refractivity (Wildman–Crippen MR) is 69.5 cm³/mol. The zero-order chi connectivity index (χ0) is 13.9. The number of rotatable bonds is 4. The molecule has 0 saturated heterocycles.